The molecule has 1 unspecified atom stereocenters. The summed E-state index contributed by atoms with van der Waals surface area (Å²) in [5.41, 5.74) is 9.73. The molecule has 2 N–H and O–H groups in total. The number of para-hydroxylation sites is 1. The molecule has 28 heavy (non-hydrogen) atoms. The van der Waals surface area contributed by atoms with E-state index in [0.29, 0.717) is 23.5 Å². The zero-order valence-electron chi connectivity index (χ0n) is 15.9. The van der Waals surface area contributed by atoms with Gasteiger partial charge in [0, 0.05) is 23.8 Å². The van der Waals surface area contributed by atoms with Crippen LogP contribution in [0.4, 0.5) is 5.69 Å². The third kappa shape index (κ3) is 3.10. The van der Waals surface area contributed by atoms with Crippen LogP contribution in [0.2, 0.25) is 0 Å². The first kappa shape index (κ1) is 19.0. The Labute approximate surface area is 170 Å². The standard InChI is InChI=1S/C21H24N4O2.ClH/c1-14-12-15-6-2-3-7-17(15)25(14)13-16-8-11-26-18(16)19-23-20(24-27-19)21(22)9-4-5-10-21;/h2-3,6-8,11,14H,4-5,9-10,12-13,22H2,1H3;1H. The first-order valence-electron chi connectivity index (χ1n) is 9.68. The lowest BCUT2D eigenvalue weighted by atomic mass is 9.99. The van der Waals surface area contributed by atoms with Crippen molar-refractivity contribution >= 4 is 18.1 Å². The topological polar surface area (TPSA) is 81.3 Å². The lowest BCUT2D eigenvalue weighted by molar-refractivity contribution is 0.368. The monoisotopic (exact) mass is 400 g/mol. The number of anilines is 1. The van der Waals surface area contributed by atoms with E-state index in [4.69, 9.17) is 14.7 Å². The molecular weight excluding hydrogens is 376 g/mol. The third-order valence-corrected chi connectivity index (χ3v) is 6.00. The zero-order chi connectivity index (χ0) is 18.4. The number of furan rings is 1. The van der Waals surface area contributed by atoms with Crippen molar-refractivity contribution < 1.29 is 8.94 Å². The van der Waals surface area contributed by atoms with E-state index < -0.39 is 5.54 Å². The van der Waals surface area contributed by atoms with Gasteiger partial charge in [0.15, 0.2) is 11.6 Å². The van der Waals surface area contributed by atoms with Gasteiger partial charge in [-0.15, -0.1) is 12.4 Å². The summed E-state index contributed by atoms with van der Waals surface area (Å²) in [5, 5.41) is 4.17. The molecule has 1 aliphatic carbocycles. The van der Waals surface area contributed by atoms with Crippen LogP contribution in [-0.4, -0.2) is 16.2 Å². The van der Waals surface area contributed by atoms with Crippen LogP contribution >= 0.6 is 12.4 Å². The summed E-state index contributed by atoms with van der Waals surface area (Å²) in [6.45, 7) is 3.00. The SMILES string of the molecule is CC1Cc2ccccc2N1Cc1ccoc1-c1nc(C2(N)CCCC2)no1.Cl. The highest BCUT2D eigenvalue weighted by molar-refractivity contribution is 5.85. The van der Waals surface area contributed by atoms with Crippen LogP contribution in [0, 0.1) is 0 Å². The molecule has 1 fully saturated rings. The van der Waals surface area contributed by atoms with Crippen LogP contribution in [0.3, 0.4) is 0 Å². The fourth-order valence-electron chi connectivity index (χ4n) is 4.45. The number of nitrogens with zero attached hydrogens (tertiary/aromatic N) is 3. The molecule has 5 rings (SSSR count). The number of halogens is 1. The molecule has 1 atom stereocenters. The van der Waals surface area contributed by atoms with E-state index in [9.17, 15) is 0 Å². The number of rotatable bonds is 4. The second kappa shape index (κ2) is 7.26. The van der Waals surface area contributed by atoms with E-state index >= 15 is 0 Å². The largest absolute Gasteiger partial charge is 0.459 e. The Morgan fingerprint density at radius 2 is 2.00 bits per heavy atom. The highest BCUT2D eigenvalue weighted by atomic mass is 35.5. The molecule has 2 aliphatic rings. The average molecular weight is 401 g/mol. The minimum Gasteiger partial charge on any atom is -0.459 e. The van der Waals surface area contributed by atoms with Crippen molar-refractivity contribution in [3.8, 4) is 11.7 Å². The highest BCUT2D eigenvalue weighted by Gasteiger charge is 2.36. The molecule has 6 nitrogen and oxygen atoms in total. The molecular formula is C21H25ClN4O2. The molecule has 0 saturated heterocycles. The number of nitrogens with two attached hydrogens (primary N) is 1. The molecule has 1 saturated carbocycles. The van der Waals surface area contributed by atoms with E-state index in [-0.39, 0.29) is 12.4 Å². The molecule has 2 aromatic heterocycles. The van der Waals surface area contributed by atoms with Gasteiger partial charge in [-0.25, -0.2) is 0 Å². The van der Waals surface area contributed by atoms with Gasteiger partial charge in [-0.3, -0.25) is 0 Å². The summed E-state index contributed by atoms with van der Waals surface area (Å²) in [4.78, 5) is 7.00. The number of aromatic nitrogens is 2. The Morgan fingerprint density at radius 3 is 2.82 bits per heavy atom. The summed E-state index contributed by atoms with van der Waals surface area (Å²) in [7, 11) is 0. The maximum atomic E-state index is 6.46. The number of benzene rings is 1. The quantitative estimate of drug-likeness (QED) is 0.697. The van der Waals surface area contributed by atoms with Crippen molar-refractivity contribution in [1.29, 1.82) is 0 Å². The number of fused-ring (bicyclic) bond motifs is 1. The Kier molecular flexibility index (Phi) is 4.93. The van der Waals surface area contributed by atoms with Crippen LogP contribution in [0.15, 0.2) is 45.5 Å². The third-order valence-electron chi connectivity index (χ3n) is 6.00. The first-order valence-corrected chi connectivity index (χ1v) is 9.68. The predicted molar refractivity (Wildman–Crippen MR) is 109 cm³/mol. The van der Waals surface area contributed by atoms with Crippen LogP contribution < -0.4 is 10.6 Å². The van der Waals surface area contributed by atoms with Gasteiger partial charge in [0.2, 0.25) is 0 Å². The Morgan fingerprint density at radius 1 is 1.21 bits per heavy atom. The normalized spacial score (nSPS) is 20.2. The van der Waals surface area contributed by atoms with Crippen LogP contribution in [0.5, 0.6) is 0 Å². The molecule has 1 aliphatic heterocycles. The van der Waals surface area contributed by atoms with Crippen molar-refractivity contribution in [2.24, 2.45) is 5.73 Å². The van der Waals surface area contributed by atoms with Crippen LogP contribution in [0.1, 0.15) is 49.6 Å². The molecule has 0 bridgehead atoms. The van der Waals surface area contributed by atoms with E-state index in [2.05, 4.69) is 46.2 Å². The van der Waals surface area contributed by atoms with Gasteiger partial charge in [0.25, 0.3) is 5.89 Å². The van der Waals surface area contributed by atoms with Crippen molar-refractivity contribution in [2.75, 3.05) is 4.90 Å². The smallest absolute Gasteiger partial charge is 0.294 e. The summed E-state index contributed by atoms with van der Waals surface area (Å²) < 4.78 is 11.3. The van der Waals surface area contributed by atoms with E-state index in [1.807, 2.05) is 6.07 Å². The average Bonchev–Trinajstić information content (AvgIpc) is 3.43. The van der Waals surface area contributed by atoms with Gasteiger partial charge in [-0.1, -0.05) is 36.2 Å². The molecule has 0 amide bonds. The van der Waals surface area contributed by atoms with Gasteiger partial charge >= 0.3 is 0 Å². The minimum atomic E-state index is -0.461. The molecule has 3 aromatic rings. The maximum absolute atomic E-state index is 6.46. The second-order valence-electron chi connectivity index (χ2n) is 7.87. The van der Waals surface area contributed by atoms with Crippen molar-refractivity contribution in [2.45, 2.75) is 57.2 Å². The number of hydrogen-bond acceptors (Lipinski definition) is 6. The van der Waals surface area contributed by atoms with Crippen molar-refractivity contribution in [3.63, 3.8) is 0 Å². The molecule has 3 heterocycles. The van der Waals surface area contributed by atoms with Gasteiger partial charge < -0.3 is 19.6 Å². The fourth-order valence-corrected chi connectivity index (χ4v) is 4.45. The molecule has 7 heteroatoms. The first-order chi connectivity index (χ1) is 13.1. The molecule has 148 valence electrons. The summed E-state index contributed by atoms with van der Waals surface area (Å²) in [5.74, 6) is 1.66. The van der Waals surface area contributed by atoms with Crippen LogP contribution in [-0.2, 0) is 18.5 Å². The lowest BCUT2D eigenvalue weighted by Gasteiger charge is -2.24. The molecule has 0 spiro atoms. The minimum absolute atomic E-state index is 0. The van der Waals surface area contributed by atoms with Gasteiger partial charge in [-0.2, -0.15) is 4.98 Å². The van der Waals surface area contributed by atoms with E-state index in [1.54, 1.807) is 6.26 Å². The second-order valence-corrected chi connectivity index (χ2v) is 7.87. The van der Waals surface area contributed by atoms with Gasteiger partial charge in [-0.05, 0) is 43.9 Å². The zero-order valence-corrected chi connectivity index (χ0v) is 16.7. The maximum Gasteiger partial charge on any atom is 0.294 e. The van der Waals surface area contributed by atoms with E-state index in [1.165, 1.54) is 11.3 Å². The summed E-state index contributed by atoms with van der Waals surface area (Å²) in [6.07, 6.45) is 6.77. The fraction of sp³-hybridized carbons (Fsp3) is 0.429. The summed E-state index contributed by atoms with van der Waals surface area (Å²) in [6, 6.07) is 11.0. The Hall–Kier alpha value is -2.31. The Bertz CT molecular complexity index is 961. The molecule has 0 radical (unpaired) electrons. The van der Waals surface area contributed by atoms with Gasteiger partial charge in [0.1, 0.15) is 0 Å². The number of hydrogen-bond donors (Lipinski definition) is 1. The van der Waals surface area contributed by atoms with Crippen LogP contribution in [0.25, 0.3) is 11.7 Å². The van der Waals surface area contributed by atoms with Gasteiger partial charge in [0.05, 0.1) is 11.8 Å². The summed E-state index contributed by atoms with van der Waals surface area (Å²) >= 11 is 0. The van der Waals surface area contributed by atoms with E-state index in [0.717, 1.165) is 44.2 Å². The Balaban J connectivity index is 0.00000192. The predicted octanol–water partition coefficient (Wildman–Crippen LogP) is 4.43. The van der Waals surface area contributed by atoms with Crippen molar-refractivity contribution in [3.05, 3.63) is 53.5 Å². The lowest BCUT2D eigenvalue weighted by Crippen LogP contribution is -2.34. The van der Waals surface area contributed by atoms with Crippen molar-refractivity contribution in [1.82, 2.24) is 10.1 Å². The molecule has 1 aromatic carbocycles. The highest BCUT2D eigenvalue weighted by Crippen LogP contribution is 2.37.